The van der Waals surface area contributed by atoms with Crippen LogP contribution >= 0.6 is 11.6 Å². The summed E-state index contributed by atoms with van der Waals surface area (Å²) >= 11 is 6.44. The number of fused-ring (bicyclic) bond motifs is 1. The second-order valence-electron chi connectivity index (χ2n) is 12.2. The minimum Gasteiger partial charge on any atom is -0.349 e. The van der Waals surface area contributed by atoms with Crippen LogP contribution in [0, 0.1) is 17.8 Å². The van der Waals surface area contributed by atoms with E-state index in [2.05, 4.69) is 36.0 Å². The summed E-state index contributed by atoms with van der Waals surface area (Å²) in [5.74, 6) is -0.598. The number of anilines is 1. The lowest BCUT2D eigenvalue weighted by Crippen LogP contribution is -2.43. The molecule has 3 atom stereocenters. The third-order valence-corrected chi connectivity index (χ3v) is 9.48. The molecule has 0 radical (unpaired) electrons. The van der Waals surface area contributed by atoms with Crippen LogP contribution in [-0.4, -0.2) is 84.1 Å². The number of rotatable bonds is 7. The number of piperidine rings is 2. The first kappa shape index (κ1) is 31.8. The molecule has 1 unspecified atom stereocenters. The number of alkyl halides is 3. The average Bonchev–Trinajstić information content (AvgIpc) is 3.50. The lowest BCUT2D eigenvalue weighted by molar-refractivity contribution is -0.141. The van der Waals surface area contributed by atoms with E-state index in [9.17, 15) is 27.6 Å². The molecule has 4 aromatic rings. The van der Waals surface area contributed by atoms with Crippen LogP contribution in [0.25, 0.3) is 17.2 Å². The number of nitrogens with zero attached hydrogens (tertiary/aromatic N) is 7. The maximum Gasteiger partial charge on any atom is 0.435 e. The van der Waals surface area contributed by atoms with Gasteiger partial charge in [0.25, 0.3) is 11.8 Å². The lowest BCUT2D eigenvalue weighted by Gasteiger charge is -2.28. The van der Waals surface area contributed by atoms with E-state index in [1.54, 1.807) is 0 Å². The van der Waals surface area contributed by atoms with Gasteiger partial charge in [0.05, 0.1) is 28.0 Å². The summed E-state index contributed by atoms with van der Waals surface area (Å²) in [5, 5.41) is 12.7. The zero-order valence-electron chi connectivity index (χ0n) is 25.5. The van der Waals surface area contributed by atoms with Gasteiger partial charge < -0.3 is 25.4 Å². The highest BCUT2D eigenvalue weighted by Crippen LogP contribution is 2.46. The van der Waals surface area contributed by atoms with Gasteiger partial charge in [0.15, 0.2) is 11.5 Å². The lowest BCUT2D eigenvalue weighted by atomic mass is 9.96. The number of carbonyl (C=O) groups excluding carboxylic acids is 3. The minimum atomic E-state index is -4.81. The molecule has 17 heteroatoms. The monoisotopic (exact) mass is 682 g/mol. The summed E-state index contributed by atoms with van der Waals surface area (Å²) < 4.78 is 43.9. The van der Waals surface area contributed by atoms with E-state index >= 15 is 0 Å². The number of halogens is 4. The van der Waals surface area contributed by atoms with Crippen molar-refractivity contribution in [1.82, 2.24) is 44.8 Å². The molecule has 0 spiro atoms. The van der Waals surface area contributed by atoms with Gasteiger partial charge in [0, 0.05) is 68.2 Å². The number of hydrogen-bond donors (Lipinski definition) is 3. The molecule has 5 heterocycles. The van der Waals surface area contributed by atoms with Crippen molar-refractivity contribution in [2.45, 2.75) is 25.1 Å². The fourth-order valence-corrected chi connectivity index (χ4v) is 6.86. The van der Waals surface area contributed by atoms with Crippen LogP contribution in [0.4, 0.5) is 18.9 Å². The van der Waals surface area contributed by atoms with E-state index in [1.165, 1.54) is 48.3 Å². The van der Waals surface area contributed by atoms with Crippen molar-refractivity contribution in [3.8, 4) is 17.2 Å². The third-order valence-electron chi connectivity index (χ3n) is 9.17. The van der Waals surface area contributed by atoms with Gasteiger partial charge in [-0.1, -0.05) is 11.6 Å². The van der Waals surface area contributed by atoms with E-state index < -0.39 is 17.8 Å². The quantitative estimate of drug-likeness (QED) is 0.269. The second kappa shape index (κ2) is 12.3. The molecule has 250 valence electrons. The van der Waals surface area contributed by atoms with Crippen LogP contribution in [0.3, 0.4) is 0 Å². The fourth-order valence-electron chi connectivity index (χ4n) is 6.59. The van der Waals surface area contributed by atoms with Crippen LogP contribution in [0.2, 0.25) is 5.02 Å². The zero-order chi connectivity index (χ0) is 33.7. The molecule has 1 aromatic carbocycles. The Bertz CT molecular complexity index is 1880. The summed E-state index contributed by atoms with van der Waals surface area (Å²) in [6.45, 7) is 2.98. The maximum atomic E-state index is 13.9. The molecule has 3 amide bonds. The molecule has 3 aromatic heterocycles. The highest BCUT2D eigenvalue weighted by Gasteiger charge is 2.57. The fraction of sp³-hybridized carbons (Fsp3) is 0.387. The largest absolute Gasteiger partial charge is 0.435 e. The molecule has 7 rings (SSSR count). The first-order valence-corrected chi connectivity index (χ1v) is 15.7. The SMILES string of the molecule is Cn1c(-c2cn(-c3ncccn3)nc2C(F)(F)F)cnc1C(=O)Nc1ccc(C(=O)NC2[C@H]3CN(C(=O)C4CCNCC4)C[C@@H]23)c(Cl)c1. The molecule has 3 N–H and O–H groups in total. The Balaban J connectivity index is 0.993. The number of imidazole rings is 1. The molecule has 2 aliphatic heterocycles. The Hall–Kier alpha value is -4.83. The summed E-state index contributed by atoms with van der Waals surface area (Å²) in [5.41, 5.74) is -1.04. The van der Waals surface area contributed by atoms with Gasteiger partial charge in [0.1, 0.15) is 0 Å². The topological polar surface area (TPSA) is 152 Å². The number of hydrogen-bond acceptors (Lipinski definition) is 8. The smallest absolute Gasteiger partial charge is 0.349 e. The molecule has 0 bridgehead atoms. The van der Waals surface area contributed by atoms with Crippen LogP contribution in [0.5, 0.6) is 0 Å². The van der Waals surface area contributed by atoms with E-state index in [0.717, 1.165) is 43.0 Å². The highest BCUT2D eigenvalue weighted by atomic mass is 35.5. The summed E-state index contributed by atoms with van der Waals surface area (Å²) in [7, 11) is 1.41. The molecule has 1 saturated carbocycles. The normalized spacial score (nSPS) is 20.8. The number of benzene rings is 1. The molecule has 2 saturated heterocycles. The van der Waals surface area contributed by atoms with E-state index in [0.29, 0.717) is 13.1 Å². The first-order chi connectivity index (χ1) is 23.0. The summed E-state index contributed by atoms with van der Waals surface area (Å²) in [4.78, 5) is 52.9. The van der Waals surface area contributed by atoms with Gasteiger partial charge >= 0.3 is 6.18 Å². The van der Waals surface area contributed by atoms with Crippen LogP contribution in [-0.2, 0) is 18.0 Å². The van der Waals surface area contributed by atoms with Crippen molar-refractivity contribution in [3.05, 3.63) is 71.2 Å². The second-order valence-corrected chi connectivity index (χ2v) is 12.6. The van der Waals surface area contributed by atoms with Crippen molar-refractivity contribution in [2.75, 3.05) is 31.5 Å². The molecule has 48 heavy (non-hydrogen) atoms. The Labute approximate surface area is 276 Å². The van der Waals surface area contributed by atoms with E-state index in [4.69, 9.17) is 11.6 Å². The van der Waals surface area contributed by atoms with Gasteiger partial charge in [-0.25, -0.2) is 19.6 Å². The van der Waals surface area contributed by atoms with Gasteiger partial charge in [0.2, 0.25) is 11.9 Å². The van der Waals surface area contributed by atoms with Crippen molar-refractivity contribution in [2.24, 2.45) is 24.8 Å². The van der Waals surface area contributed by atoms with Gasteiger partial charge in [-0.05, 0) is 50.2 Å². The zero-order valence-corrected chi connectivity index (χ0v) is 26.3. The molecular weight excluding hydrogens is 653 g/mol. The average molecular weight is 683 g/mol. The number of amides is 3. The molecular formula is C31H30ClF3N10O3. The van der Waals surface area contributed by atoms with E-state index in [1.807, 2.05) is 4.90 Å². The Morgan fingerprint density at radius 1 is 1.02 bits per heavy atom. The molecule has 3 aliphatic rings. The third kappa shape index (κ3) is 6.01. The Morgan fingerprint density at radius 3 is 2.40 bits per heavy atom. The molecule has 13 nitrogen and oxygen atoms in total. The predicted molar refractivity (Wildman–Crippen MR) is 166 cm³/mol. The van der Waals surface area contributed by atoms with Crippen molar-refractivity contribution in [1.29, 1.82) is 0 Å². The molecule has 3 fully saturated rings. The van der Waals surface area contributed by atoms with Crippen LogP contribution in [0.15, 0.2) is 49.1 Å². The predicted octanol–water partition coefficient (Wildman–Crippen LogP) is 3.17. The van der Waals surface area contributed by atoms with Gasteiger partial charge in [-0.3, -0.25) is 14.4 Å². The van der Waals surface area contributed by atoms with Gasteiger partial charge in [-0.2, -0.15) is 18.3 Å². The number of nitrogens with one attached hydrogen (secondary N) is 3. The van der Waals surface area contributed by atoms with Crippen LogP contribution in [0.1, 0.15) is 39.5 Å². The highest BCUT2D eigenvalue weighted by molar-refractivity contribution is 6.34. The Kier molecular flexibility index (Phi) is 8.15. The van der Waals surface area contributed by atoms with Crippen molar-refractivity contribution in [3.63, 3.8) is 0 Å². The van der Waals surface area contributed by atoms with Gasteiger partial charge in [-0.15, -0.1) is 0 Å². The summed E-state index contributed by atoms with van der Waals surface area (Å²) in [6.07, 6.45) is 1.91. The number of aromatic nitrogens is 6. The van der Waals surface area contributed by atoms with Crippen molar-refractivity contribution < 1.29 is 27.6 Å². The standard InChI is InChI=1S/C31H30ClF3N10O3/c1-43-23(21-15-45(30-37-7-2-8-38-30)42-25(21)31(33,34)35)12-39-26(43)28(47)40-17-3-4-18(22(32)11-17)27(46)41-24-19-13-44(14-20(19)24)29(48)16-5-9-36-10-6-16/h2-4,7-8,11-12,15-16,19-20,24,36H,5-6,9-10,13-14H2,1H3,(H,40,47)(H,41,46)/t19-,20+,24?. The first-order valence-electron chi connectivity index (χ1n) is 15.4. The minimum absolute atomic E-state index is 0.0108. The Morgan fingerprint density at radius 2 is 1.73 bits per heavy atom. The molecule has 1 aliphatic carbocycles. The number of carbonyl (C=O) groups is 3. The van der Waals surface area contributed by atoms with Crippen LogP contribution < -0.4 is 16.0 Å². The maximum absolute atomic E-state index is 13.9. The summed E-state index contributed by atoms with van der Waals surface area (Å²) in [6, 6.07) is 5.89. The number of likely N-dealkylation sites (tertiary alicyclic amines) is 1. The van der Waals surface area contributed by atoms with Crippen molar-refractivity contribution >= 4 is 35.0 Å². The van der Waals surface area contributed by atoms with E-state index in [-0.39, 0.29) is 74.9 Å².